The summed E-state index contributed by atoms with van der Waals surface area (Å²) in [5.74, 6) is -0.0759. The van der Waals surface area contributed by atoms with Crippen LogP contribution in [0.25, 0.3) is 0 Å². The molecule has 0 saturated heterocycles. The molecule has 6 nitrogen and oxygen atoms in total. The molecule has 0 radical (unpaired) electrons. The van der Waals surface area contributed by atoms with Crippen molar-refractivity contribution in [3.63, 3.8) is 0 Å². The number of methoxy groups -OCH3 is 1. The number of hydrogen-bond acceptors (Lipinski definition) is 5. The number of carbonyl (C=O) groups excluding carboxylic acids is 2. The van der Waals surface area contributed by atoms with Crippen LogP contribution in [0.4, 0.5) is 0 Å². The summed E-state index contributed by atoms with van der Waals surface area (Å²) in [5, 5.41) is 2.66. The zero-order chi connectivity index (χ0) is 18.9. The maximum absolute atomic E-state index is 12.1. The number of nitrogens with one attached hydrogen (secondary N) is 1. The average Bonchev–Trinajstić information content (AvgIpc) is 2.66. The van der Waals surface area contributed by atoms with Gasteiger partial charge in [-0.1, -0.05) is 42.5 Å². The lowest BCUT2D eigenvalue weighted by atomic mass is 10.1. The highest BCUT2D eigenvalue weighted by molar-refractivity contribution is 7.80. The zero-order valence-corrected chi connectivity index (χ0v) is 15.2. The number of esters is 1. The lowest BCUT2D eigenvalue weighted by Crippen LogP contribution is -2.26. The van der Waals surface area contributed by atoms with E-state index < -0.39 is 0 Å². The lowest BCUT2D eigenvalue weighted by Gasteiger charge is -2.09. The van der Waals surface area contributed by atoms with Crippen molar-refractivity contribution in [3.8, 4) is 5.75 Å². The lowest BCUT2D eigenvalue weighted by molar-refractivity contribution is -0.140. The Labute approximate surface area is 157 Å². The van der Waals surface area contributed by atoms with Crippen LogP contribution in [0.2, 0.25) is 0 Å². The Morgan fingerprint density at radius 2 is 1.85 bits per heavy atom. The van der Waals surface area contributed by atoms with Gasteiger partial charge in [0, 0.05) is 17.7 Å². The van der Waals surface area contributed by atoms with Crippen LogP contribution in [0.15, 0.2) is 48.5 Å². The Morgan fingerprint density at radius 3 is 2.50 bits per heavy atom. The van der Waals surface area contributed by atoms with Gasteiger partial charge in [0.15, 0.2) is 0 Å². The third-order valence-corrected chi connectivity index (χ3v) is 3.82. The molecule has 0 aliphatic heterocycles. The summed E-state index contributed by atoms with van der Waals surface area (Å²) >= 11 is 4.92. The van der Waals surface area contributed by atoms with Gasteiger partial charge < -0.3 is 20.5 Å². The predicted octanol–water partition coefficient (Wildman–Crippen LogP) is 2.19. The smallest absolute Gasteiger partial charge is 0.307 e. The molecule has 3 N–H and O–H groups in total. The molecule has 0 spiro atoms. The van der Waals surface area contributed by atoms with Gasteiger partial charge in [0.2, 0.25) is 0 Å². The SMILES string of the molecule is COC(=O)CCNC(=O)c1cccc(OCc2ccc(C(N)=S)cc2)c1. The number of ether oxygens (including phenoxy) is 2. The fourth-order valence-electron chi connectivity index (χ4n) is 2.14. The van der Waals surface area contributed by atoms with Crippen LogP contribution >= 0.6 is 12.2 Å². The van der Waals surface area contributed by atoms with E-state index in [1.165, 1.54) is 7.11 Å². The third kappa shape index (κ3) is 5.86. The number of carbonyl (C=O) groups is 2. The standard InChI is InChI=1S/C19H20N2O4S/c1-24-17(22)9-10-21-19(23)15-3-2-4-16(11-15)25-12-13-5-7-14(8-6-13)18(20)26/h2-8,11H,9-10,12H2,1H3,(H2,20,26)(H,21,23). The fraction of sp³-hybridized carbons (Fsp3) is 0.211. The van der Waals surface area contributed by atoms with Crippen molar-refractivity contribution in [1.29, 1.82) is 0 Å². The van der Waals surface area contributed by atoms with Gasteiger partial charge in [-0.25, -0.2) is 0 Å². The molecule has 7 heteroatoms. The summed E-state index contributed by atoms with van der Waals surface area (Å²) in [6.45, 7) is 0.566. The van der Waals surface area contributed by atoms with E-state index >= 15 is 0 Å². The van der Waals surface area contributed by atoms with E-state index in [0.29, 0.717) is 22.9 Å². The summed E-state index contributed by atoms with van der Waals surface area (Å²) in [6, 6.07) is 14.3. The first-order valence-electron chi connectivity index (χ1n) is 7.96. The van der Waals surface area contributed by atoms with Gasteiger partial charge in [-0.15, -0.1) is 0 Å². The molecule has 0 aromatic heterocycles. The highest BCUT2D eigenvalue weighted by atomic mass is 32.1. The predicted molar refractivity (Wildman–Crippen MR) is 102 cm³/mol. The van der Waals surface area contributed by atoms with Crippen molar-refractivity contribution in [2.45, 2.75) is 13.0 Å². The molecule has 0 aliphatic rings. The summed E-state index contributed by atoms with van der Waals surface area (Å²) < 4.78 is 10.3. The van der Waals surface area contributed by atoms with Gasteiger partial charge in [-0.3, -0.25) is 9.59 Å². The minimum atomic E-state index is -0.371. The van der Waals surface area contributed by atoms with E-state index in [9.17, 15) is 9.59 Å². The van der Waals surface area contributed by atoms with Crippen molar-refractivity contribution in [1.82, 2.24) is 5.32 Å². The highest BCUT2D eigenvalue weighted by Crippen LogP contribution is 2.15. The van der Waals surface area contributed by atoms with Crippen LogP contribution < -0.4 is 15.8 Å². The quantitative estimate of drug-likeness (QED) is 0.545. The van der Waals surface area contributed by atoms with Gasteiger partial charge in [0.1, 0.15) is 17.3 Å². The van der Waals surface area contributed by atoms with E-state index in [1.807, 2.05) is 24.3 Å². The Balaban J connectivity index is 1.90. The Morgan fingerprint density at radius 1 is 1.12 bits per heavy atom. The average molecular weight is 372 g/mol. The Kier molecular flexibility index (Phi) is 7.11. The third-order valence-electron chi connectivity index (χ3n) is 3.58. The number of amides is 1. The van der Waals surface area contributed by atoms with Gasteiger partial charge in [-0.05, 0) is 23.8 Å². The van der Waals surface area contributed by atoms with Crippen molar-refractivity contribution >= 4 is 29.1 Å². The summed E-state index contributed by atoms with van der Waals surface area (Å²) in [4.78, 5) is 23.5. The molecule has 2 aromatic carbocycles. The summed E-state index contributed by atoms with van der Waals surface area (Å²) in [7, 11) is 1.31. The Hall–Kier alpha value is -2.93. The second-order valence-corrected chi connectivity index (χ2v) is 5.90. The van der Waals surface area contributed by atoms with E-state index in [1.54, 1.807) is 24.3 Å². The maximum Gasteiger partial charge on any atom is 0.307 e. The van der Waals surface area contributed by atoms with Gasteiger partial charge in [-0.2, -0.15) is 0 Å². The number of thiocarbonyl (C=S) groups is 1. The van der Waals surface area contributed by atoms with E-state index in [4.69, 9.17) is 22.7 Å². The molecular formula is C19H20N2O4S. The topological polar surface area (TPSA) is 90.6 Å². The van der Waals surface area contributed by atoms with Crippen LogP contribution in [0.3, 0.4) is 0 Å². The minimum absolute atomic E-state index is 0.126. The van der Waals surface area contributed by atoms with Crippen LogP contribution in [0.1, 0.15) is 27.9 Å². The fourth-order valence-corrected chi connectivity index (χ4v) is 2.28. The number of rotatable bonds is 8. The molecule has 0 saturated carbocycles. The largest absolute Gasteiger partial charge is 0.489 e. The number of benzene rings is 2. The Bertz CT molecular complexity index is 790. The summed E-state index contributed by atoms with van der Waals surface area (Å²) in [6.07, 6.45) is 0.126. The minimum Gasteiger partial charge on any atom is -0.489 e. The first kappa shape index (κ1) is 19.4. The molecule has 0 fully saturated rings. The second kappa shape index (κ2) is 9.53. The molecular weight excluding hydrogens is 352 g/mol. The first-order chi connectivity index (χ1) is 12.5. The van der Waals surface area contributed by atoms with Crippen molar-refractivity contribution < 1.29 is 19.1 Å². The monoisotopic (exact) mass is 372 g/mol. The molecule has 26 heavy (non-hydrogen) atoms. The normalized spacial score (nSPS) is 10.0. The van der Waals surface area contributed by atoms with Crippen LogP contribution in [-0.4, -0.2) is 30.5 Å². The van der Waals surface area contributed by atoms with Crippen LogP contribution in [0.5, 0.6) is 5.75 Å². The van der Waals surface area contributed by atoms with Gasteiger partial charge in [0.25, 0.3) is 5.91 Å². The van der Waals surface area contributed by atoms with Gasteiger partial charge in [0.05, 0.1) is 13.5 Å². The molecule has 0 bridgehead atoms. The van der Waals surface area contributed by atoms with Gasteiger partial charge >= 0.3 is 5.97 Å². The van der Waals surface area contributed by atoms with E-state index in [2.05, 4.69) is 10.1 Å². The van der Waals surface area contributed by atoms with Crippen molar-refractivity contribution in [3.05, 3.63) is 65.2 Å². The molecule has 0 atom stereocenters. The molecule has 2 rings (SSSR count). The van der Waals surface area contributed by atoms with Crippen LogP contribution in [-0.2, 0) is 16.1 Å². The second-order valence-electron chi connectivity index (χ2n) is 5.46. The zero-order valence-electron chi connectivity index (χ0n) is 14.4. The van der Waals surface area contributed by atoms with E-state index in [-0.39, 0.29) is 24.8 Å². The summed E-state index contributed by atoms with van der Waals surface area (Å²) in [5.41, 5.74) is 7.78. The molecule has 136 valence electrons. The molecule has 2 aromatic rings. The number of hydrogen-bond donors (Lipinski definition) is 2. The molecule has 0 unspecified atom stereocenters. The van der Waals surface area contributed by atoms with Crippen molar-refractivity contribution in [2.24, 2.45) is 5.73 Å². The maximum atomic E-state index is 12.1. The van der Waals surface area contributed by atoms with Crippen LogP contribution in [0, 0.1) is 0 Å². The molecule has 0 heterocycles. The van der Waals surface area contributed by atoms with Crippen molar-refractivity contribution in [2.75, 3.05) is 13.7 Å². The molecule has 1 amide bonds. The molecule has 0 aliphatic carbocycles. The highest BCUT2D eigenvalue weighted by Gasteiger charge is 2.08. The number of nitrogens with two attached hydrogens (primary N) is 1. The first-order valence-corrected chi connectivity index (χ1v) is 8.37. The van der Waals surface area contributed by atoms with E-state index in [0.717, 1.165) is 11.1 Å².